The Kier molecular flexibility index (Phi) is 5.31. The molecule has 0 unspecified atom stereocenters. The number of oxazole rings is 1. The van der Waals surface area contributed by atoms with E-state index in [4.69, 9.17) is 4.42 Å². The van der Waals surface area contributed by atoms with Gasteiger partial charge in [-0.25, -0.2) is 4.98 Å². The summed E-state index contributed by atoms with van der Waals surface area (Å²) < 4.78 is 7.51. The van der Waals surface area contributed by atoms with Crippen molar-refractivity contribution in [2.75, 3.05) is 7.05 Å². The number of guanidine groups is 1. The smallest absolute Gasteiger partial charge is 0.226 e. The summed E-state index contributed by atoms with van der Waals surface area (Å²) in [7, 11) is 3.66. The summed E-state index contributed by atoms with van der Waals surface area (Å²) in [5, 5.41) is 14.6. The van der Waals surface area contributed by atoms with E-state index < -0.39 is 0 Å². The van der Waals surface area contributed by atoms with Gasteiger partial charge in [0.1, 0.15) is 12.1 Å². The molecular formula is C18H23N7O. The number of aromatic nitrogens is 4. The molecule has 0 saturated heterocycles. The second-order valence-electron chi connectivity index (χ2n) is 6.01. The van der Waals surface area contributed by atoms with E-state index in [9.17, 15) is 0 Å². The molecule has 0 fully saturated rings. The molecule has 2 aromatic heterocycles. The molecule has 0 saturated carbocycles. The Bertz CT molecular complexity index is 893. The quantitative estimate of drug-likeness (QED) is 0.538. The molecule has 8 nitrogen and oxygen atoms in total. The fourth-order valence-corrected chi connectivity index (χ4v) is 2.38. The van der Waals surface area contributed by atoms with Crippen LogP contribution < -0.4 is 10.6 Å². The van der Waals surface area contributed by atoms with Crippen molar-refractivity contribution >= 4 is 5.96 Å². The lowest BCUT2D eigenvalue weighted by Crippen LogP contribution is -2.37. The van der Waals surface area contributed by atoms with Crippen LogP contribution in [-0.4, -0.2) is 32.8 Å². The van der Waals surface area contributed by atoms with E-state index in [1.165, 1.54) is 5.56 Å². The van der Waals surface area contributed by atoms with E-state index in [2.05, 4.69) is 37.7 Å². The van der Waals surface area contributed by atoms with Gasteiger partial charge >= 0.3 is 0 Å². The van der Waals surface area contributed by atoms with Gasteiger partial charge in [-0.3, -0.25) is 4.99 Å². The van der Waals surface area contributed by atoms with Crippen LogP contribution in [0, 0.1) is 13.8 Å². The molecule has 0 atom stereocenters. The Morgan fingerprint density at radius 2 is 1.85 bits per heavy atom. The first-order valence-corrected chi connectivity index (χ1v) is 8.37. The van der Waals surface area contributed by atoms with Gasteiger partial charge in [-0.05, 0) is 26.0 Å². The molecule has 3 aromatic rings. The van der Waals surface area contributed by atoms with Crippen molar-refractivity contribution in [2.24, 2.45) is 12.0 Å². The first-order valence-electron chi connectivity index (χ1n) is 8.37. The Morgan fingerprint density at radius 3 is 2.50 bits per heavy atom. The number of nitrogens with zero attached hydrogens (tertiary/aromatic N) is 5. The van der Waals surface area contributed by atoms with Crippen molar-refractivity contribution in [2.45, 2.75) is 26.9 Å². The number of hydrogen-bond donors (Lipinski definition) is 2. The molecule has 1 aromatic carbocycles. The van der Waals surface area contributed by atoms with E-state index in [0.29, 0.717) is 24.9 Å². The van der Waals surface area contributed by atoms with Crippen LogP contribution in [0.1, 0.15) is 22.9 Å². The molecule has 0 radical (unpaired) electrons. The minimum atomic E-state index is 0.507. The minimum absolute atomic E-state index is 0.507. The highest BCUT2D eigenvalue weighted by Crippen LogP contribution is 2.18. The first kappa shape index (κ1) is 17.7. The fourth-order valence-electron chi connectivity index (χ4n) is 2.38. The van der Waals surface area contributed by atoms with Gasteiger partial charge in [0.25, 0.3) is 0 Å². The Balaban J connectivity index is 1.55. The number of aryl methyl sites for hydroxylation is 2. The summed E-state index contributed by atoms with van der Waals surface area (Å²) in [6.07, 6.45) is 1.65. The second kappa shape index (κ2) is 7.81. The van der Waals surface area contributed by atoms with Crippen molar-refractivity contribution in [3.05, 3.63) is 53.4 Å². The summed E-state index contributed by atoms with van der Waals surface area (Å²) in [4.78, 5) is 8.72. The molecule has 0 aliphatic rings. The van der Waals surface area contributed by atoms with E-state index in [-0.39, 0.29) is 0 Å². The number of hydrogen-bond acceptors (Lipinski definition) is 5. The highest BCUT2D eigenvalue weighted by molar-refractivity contribution is 5.79. The monoisotopic (exact) mass is 353 g/mol. The molecule has 0 aliphatic carbocycles. The van der Waals surface area contributed by atoms with Crippen LogP contribution in [0.3, 0.4) is 0 Å². The third kappa shape index (κ3) is 4.08. The molecule has 0 amide bonds. The number of benzene rings is 1. The van der Waals surface area contributed by atoms with E-state index >= 15 is 0 Å². The van der Waals surface area contributed by atoms with Gasteiger partial charge in [-0.2, -0.15) is 0 Å². The van der Waals surface area contributed by atoms with Gasteiger partial charge in [0.05, 0.1) is 18.8 Å². The molecule has 136 valence electrons. The molecule has 8 heteroatoms. The Morgan fingerprint density at radius 1 is 1.12 bits per heavy atom. The van der Waals surface area contributed by atoms with Crippen molar-refractivity contribution in [1.82, 2.24) is 30.4 Å². The van der Waals surface area contributed by atoms with Gasteiger partial charge in [-0.15, -0.1) is 10.2 Å². The predicted molar refractivity (Wildman–Crippen MR) is 99.5 cm³/mol. The van der Waals surface area contributed by atoms with Gasteiger partial charge in [0.2, 0.25) is 5.89 Å². The summed E-state index contributed by atoms with van der Waals surface area (Å²) in [6, 6.07) is 8.08. The Labute approximate surface area is 152 Å². The topological polar surface area (TPSA) is 93.2 Å². The van der Waals surface area contributed by atoms with E-state index in [1.54, 1.807) is 13.3 Å². The lowest BCUT2D eigenvalue weighted by atomic mass is 10.1. The lowest BCUT2D eigenvalue weighted by Gasteiger charge is -2.10. The summed E-state index contributed by atoms with van der Waals surface area (Å²) >= 11 is 0. The number of nitrogens with one attached hydrogen (secondary N) is 2. The first-order chi connectivity index (χ1) is 12.6. The van der Waals surface area contributed by atoms with E-state index in [1.807, 2.05) is 42.8 Å². The molecule has 2 N–H and O–H groups in total. The van der Waals surface area contributed by atoms with Gasteiger partial charge in [0, 0.05) is 19.7 Å². The molecule has 2 heterocycles. The number of rotatable bonds is 5. The van der Waals surface area contributed by atoms with Crippen molar-refractivity contribution in [1.29, 1.82) is 0 Å². The highest BCUT2D eigenvalue weighted by atomic mass is 16.3. The lowest BCUT2D eigenvalue weighted by molar-refractivity contribution is 0.572. The standard InChI is InChI=1S/C18H23N7O/c1-12-5-7-14(8-6-12)17-22-15(11-26-17)9-20-18(19-3)21-10-16-24-23-13(2)25(16)4/h5-8,11H,9-10H2,1-4H3,(H2,19,20,21). The van der Waals surface area contributed by atoms with Gasteiger partial charge < -0.3 is 19.6 Å². The third-order valence-corrected chi connectivity index (χ3v) is 4.11. The van der Waals surface area contributed by atoms with Crippen LogP contribution in [0.4, 0.5) is 0 Å². The van der Waals surface area contributed by atoms with Crippen LogP contribution in [-0.2, 0) is 20.1 Å². The average Bonchev–Trinajstić information content (AvgIpc) is 3.24. The van der Waals surface area contributed by atoms with Crippen molar-refractivity contribution in [3.63, 3.8) is 0 Å². The molecule has 0 bridgehead atoms. The van der Waals surface area contributed by atoms with Crippen LogP contribution in [0.2, 0.25) is 0 Å². The van der Waals surface area contributed by atoms with Crippen LogP contribution in [0.15, 0.2) is 39.9 Å². The maximum absolute atomic E-state index is 5.57. The largest absolute Gasteiger partial charge is 0.444 e. The molecule has 0 spiro atoms. The van der Waals surface area contributed by atoms with Gasteiger partial charge in [-0.1, -0.05) is 17.7 Å². The SMILES string of the molecule is CN=C(NCc1coc(-c2ccc(C)cc2)n1)NCc1nnc(C)n1C. The summed E-state index contributed by atoms with van der Waals surface area (Å²) in [5.74, 6) is 2.98. The third-order valence-electron chi connectivity index (χ3n) is 4.11. The van der Waals surface area contributed by atoms with Crippen LogP contribution in [0.25, 0.3) is 11.5 Å². The molecular weight excluding hydrogens is 330 g/mol. The summed E-state index contributed by atoms with van der Waals surface area (Å²) in [6.45, 7) is 5.01. The average molecular weight is 353 g/mol. The highest BCUT2D eigenvalue weighted by Gasteiger charge is 2.09. The van der Waals surface area contributed by atoms with Crippen molar-refractivity contribution < 1.29 is 4.42 Å². The zero-order valence-corrected chi connectivity index (χ0v) is 15.4. The maximum Gasteiger partial charge on any atom is 0.226 e. The van der Waals surface area contributed by atoms with Crippen molar-refractivity contribution in [3.8, 4) is 11.5 Å². The van der Waals surface area contributed by atoms with E-state index in [0.717, 1.165) is 22.9 Å². The molecule has 26 heavy (non-hydrogen) atoms. The number of aliphatic imine (C=N–C) groups is 1. The molecule has 3 rings (SSSR count). The zero-order chi connectivity index (χ0) is 18.5. The van der Waals surface area contributed by atoms with Crippen LogP contribution >= 0.6 is 0 Å². The minimum Gasteiger partial charge on any atom is -0.444 e. The maximum atomic E-state index is 5.57. The van der Waals surface area contributed by atoms with Crippen LogP contribution in [0.5, 0.6) is 0 Å². The molecule has 0 aliphatic heterocycles. The predicted octanol–water partition coefficient (Wildman–Crippen LogP) is 1.95. The van der Waals surface area contributed by atoms with Gasteiger partial charge in [0.15, 0.2) is 11.8 Å². The Hall–Kier alpha value is -3.16. The fraction of sp³-hybridized carbons (Fsp3) is 0.333. The second-order valence-corrected chi connectivity index (χ2v) is 6.01. The normalized spacial score (nSPS) is 11.6. The zero-order valence-electron chi connectivity index (χ0n) is 15.4. The summed E-state index contributed by atoms with van der Waals surface area (Å²) in [5.41, 5.74) is 2.97.